The number of nitrogens with one attached hydrogen (secondary N) is 1. The van der Waals surface area contributed by atoms with Crippen LogP contribution >= 0.6 is 12.2 Å². The van der Waals surface area contributed by atoms with Crippen molar-refractivity contribution >= 4 is 12.2 Å². The Balaban J connectivity index is 2.11. The number of nitrogens with zero attached hydrogens (tertiary/aromatic N) is 2. The molecule has 0 spiro atoms. The molecule has 4 nitrogen and oxygen atoms in total. The molecule has 12 heavy (non-hydrogen) atoms. The standard InChI is InChI=1S/C7H12N4S/c8-11-6(9-10-7(11)12)4-5-2-1-3-5/h5H,1-4,8H2,(H,10,12). The highest BCUT2D eigenvalue weighted by Gasteiger charge is 2.19. The molecule has 0 aliphatic heterocycles. The van der Waals surface area contributed by atoms with E-state index in [-0.39, 0.29) is 0 Å². The summed E-state index contributed by atoms with van der Waals surface area (Å²) in [6, 6.07) is 0. The quantitative estimate of drug-likeness (QED) is 0.532. The van der Waals surface area contributed by atoms with Gasteiger partial charge < -0.3 is 5.84 Å². The van der Waals surface area contributed by atoms with Crippen LogP contribution in [0.5, 0.6) is 0 Å². The zero-order valence-corrected chi connectivity index (χ0v) is 7.60. The van der Waals surface area contributed by atoms with Crippen LogP contribution in [0.4, 0.5) is 0 Å². The van der Waals surface area contributed by atoms with Gasteiger partial charge in [0, 0.05) is 6.42 Å². The van der Waals surface area contributed by atoms with Crippen molar-refractivity contribution in [2.75, 3.05) is 5.84 Å². The fraction of sp³-hybridized carbons (Fsp3) is 0.714. The molecule has 5 heteroatoms. The molecule has 0 bridgehead atoms. The summed E-state index contributed by atoms with van der Waals surface area (Å²) < 4.78 is 1.97. The van der Waals surface area contributed by atoms with Crippen LogP contribution in [0.25, 0.3) is 0 Å². The van der Waals surface area contributed by atoms with E-state index in [2.05, 4.69) is 10.2 Å². The zero-order valence-electron chi connectivity index (χ0n) is 6.79. The second-order valence-corrected chi connectivity index (χ2v) is 3.70. The molecule has 3 N–H and O–H groups in total. The van der Waals surface area contributed by atoms with Crippen molar-refractivity contribution in [1.82, 2.24) is 14.9 Å². The molecule has 1 saturated carbocycles. The van der Waals surface area contributed by atoms with E-state index in [1.807, 2.05) is 0 Å². The third-order valence-electron chi connectivity index (χ3n) is 2.47. The molecule has 0 unspecified atom stereocenters. The van der Waals surface area contributed by atoms with Gasteiger partial charge >= 0.3 is 0 Å². The monoisotopic (exact) mass is 184 g/mol. The average molecular weight is 184 g/mol. The summed E-state index contributed by atoms with van der Waals surface area (Å²) in [6.45, 7) is 0. The third-order valence-corrected chi connectivity index (χ3v) is 2.76. The van der Waals surface area contributed by atoms with Crippen LogP contribution in [-0.2, 0) is 6.42 Å². The third kappa shape index (κ3) is 1.24. The van der Waals surface area contributed by atoms with Crippen molar-refractivity contribution < 1.29 is 0 Å². The lowest BCUT2D eigenvalue weighted by Gasteiger charge is -2.24. The normalized spacial score (nSPS) is 17.7. The van der Waals surface area contributed by atoms with Crippen LogP contribution in [0.2, 0.25) is 0 Å². The average Bonchev–Trinajstić information content (AvgIpc) is 2.27. The van der Waals surface area contributed by atoms with Gasteiger partial charge in [-0.15, -0.1) is 0 Å². The van der Waals surface area contributed by atoms with E-state index in [9.17, 15) is 0 Å². The first-order chi connectivity index (χ1) is 5.77. The van der Waals surface area contributed by atoms with E-state index in [1.54, 1.807) is 0 Å². The highest BCUT2D eigenvalue weighted by Crippen LogP contribution is 2.28. The lowest BCUT2D eigenvalue weighted by molar-refractivity contribution is 0.307. The van der Waals surface area contributed by atoms with Crippen LogP contribution in [0.3, 0.4) is 0 Å². The molecule has 1 aliphatic carbocycles. The number of hydrogen-bond acceptors (Lipinski definition) is 3. The Hall–Kier alpha value is -0.840. The molecule has 1 heterocycles. The van der Waals surface area contributed by atoms with Crippen molar-refractivity contribution in [2.24, 2.45) is 5.92 Å². The Labute approximate surface area is 75.7 Å². The maximum absolute atomic E-state index is 5.65. The molecule has 1 fully saturated rings. The smallest absolute Gasteiger partial charge is 0.214 e. The summed E-state index contributed by atoms with van der Waals surface area (Å²) >= 11 is 4.90. The topological polar surface area (TPSA) is 59.6 Å². The SMILES string of the molecule is Nn1c(CC2CCC2)n[nH]c1=S. The number of aromatic amines is 1. The van der Waals surface area contributed by atoms with Gasteiger partial charge in [0.05, 0.1) is 0 Å². The Morgan fingerprint density at radius 3 is 2.83 bits per heavy atom. The maximum atomic E-state index is 5.65. The summed E-state index contributed by atoms with van der Waals surface area (Å²) in [4.78, 5) is 0. The van der Waals surface area contributed by atoms with Gasteiger partial charge in [0.1, 0.15) is 0 Å². The fourth-order valence-electron chi connectivity index (χ4n) is 1.44. The Morgan fingerprint density at radius 2 is 2.42 bits per heavy atom. The Bertz CT molecular complexity index is 322. The molecule has 0 amide bonds. The summed E-state index contributed by atoms with van der Waals surface area (Å²) in [5, 5.41) is 6.74. The van der Waals surface area contributed by atoms with E-state index in [0.29, 0.717) is 4.77 Å². The van der Waals surface area contributed by atoms with Gasteiger partial charge in [-0.2, -0.15) is 5.10 Å². The summed E-state index contributed by atoms with van der Waals surface area (Å²) in [6.07, 6.45) is 4.92. The molecule has 0 saturated heterocycles. The predicted octanol–water partition coefficient (Wildman–Crippen LogP) is 0.997. The molecule has 1 aromatic rings. The van der Waals surface area contributed by atoms with E-state index in [4.69, 9.17) is 18.1 Å². The van der Waals surface area contributed by atoms with Gasteiger partial charge in [-0.25, -0.2) is 4.68 Å². The van der Waals surface area contributed by atoms with E-state index in [1.165, 1.54) is 23.9 Å². The van der Waals surface area contributed by atoms with Crippen molar-refractivity contribution in [1.29, 1.82) is 0 Å². The van der Waals surface area contributed by atoms with Crippen LogP contribution < -0.4 is 5.84 Å². The first-order valence-electron chi connectivity index (χ1n) is 4.19. The molecule has 1 aliphatic rings. The molecule has 0 radical (unpaired) electrons. The van der Waals surface area contributed by atoms with Crippen molar-refractivity contribution in [2.45, 2.75) is 25.7 Å². The Kier molecular flexibility index (Phi) is 1.88. The van der Waals surface area contributed by atoms with Gasteiger partial charge in [0.25, 0.3) is 0 Å². The van der Waals surface area contributed by atoms with Gasteiger partial charge in [0.15, 0.2) is 5.82 Å². The van der Waals surface area contributed by atoms with Gasteiger partial charge in [-0.3, -0.25) is 5.10 Å². The maximum Gasteiger partial charge on any atom is 0.214 e. The van der Waals surface area contributed by atoms with Gasteiger partial charge in [-0.1, -0.05) is 19.3 Å². The first-order valence-corrected chi connectivity index (χ1v) is 4.59. The first kappa shape index (κ1) is 7.79. The minimum Gasteiger partial charge on any atom is -0.335 e. The second-order valence-electron chi connectivity index (χ2n) is 3.32. The number of aromatic nitrogens is 3. The number of H-pyrrole nitrogens is 1. The lowest BCUT2D eigenvalue weighted by Crippen LogP contribution is -2.20. The summed E-state index contributed by atoms with van der Waals surface area (Å²) in [5.74, 6) is 7.30. The minimum atomic E-state index is 0.504. The molecule has 2 rings (SSSR count). The van der Waals surface area contributed by atoms with Gasteiger partial charge in [0.2, 0.25) is 4.77 Å². The lowest BCUT2D eigenvalue weighted by atomic mass is 9.83. The van der Waals surface area contributed by atoms with Crippen molar-refractivity contribution in [3.05, 3.63) is 10.6 Å². The molecular formula is C7H12N4S. The highest BCUT2D eigenvalue weighted by atomic mass is 32.1. The zero-order chi connectivity index (χ0) is 8.55. The minimum absolute atomic E-state index is 0.504. The van der Waals surface area contributed by atoms with Crippen LogP contribution in [0.15, 0.2) is 0 Å². The van der Waals surface area contributed by atoms with Crippen LogP contribution in [0, 0.1) is 10.7 Å². The Morgan fingerprint density at radius 1 is 1.67 bits per heavy atom. The molecule has 66 valence electrons. The molecule has 0 atom stereocenters. The number of nitrogen functional groups attached to an aromatic ring is 1. The summed E-state index contributed by atoms with van der Waals surface area (Å²) in [7, 11) is 0. The van der Waals surface area contributed by atoms with Crippen LogP contribution in [-0.4, -0.2) is 14.9 Å². The summed E-state index contributed by atoms with van der Waals surface area (Å²) in [5.41, 5.74) is 0. The second kappa shape index (κ2) is 2.90. The van der Waals surface area contributed by atoms with Gasteiger partial charge in [-0.05, 0) is 18.1 Å². The number of hydrogen-bond donors (Lipinski definition) is 2. The van der Waals surface area contributed by atoms with Crippen molar-refractivity contribution in [3.63, 3.8) is 0 Å². The largest absolute Gasteiger partial charge is 0.335 e. The van der Waals surface area contributed by atoms with E-state index < -0.39 is 0 Å². The van der Waals surface area contributed by atoms with Crippen molar-refractivity contribution in [3.8, 4) is 0 Å². The van der Waals surface area contributed by atoms with E-state index in [0.717, 1.165) is 18.2 Å². The highest BCUT2D eigenvalue weighted by molar-refractivity contribution is 7.71. The molecular weight excluding hydrogens is 172 g/mol. The van der Waals surface area contributed by atoms with Crippen LogP contribution in [0.1, 0.15) is 25.1 Å². The fourth-order valence-corrected chi connectivity index (χ4v) is 1.59. The predicted molar refractivity (Wildman–Crippen MR) is 48.6 cm³/mol. The number of nitrogens with two attached hydrogens (primary N) is 1. The molecule has 1 aromatic heterocycles. The van der Waals surface area contributed by atoms with E-state index >= 15 is 0 Å². The molecule has 0 aromatic carbocycles. The number of rotatable bonds is 2.